The van der Waals surface area contributed by atoms with Crippen LogP contribution in [0.3, 0.4) is 0 Å². The van der Waals surface area contributed by atoms with Crippen molar-refractivity contribution in [2.24, 2.45) is 5.41 Å². The molecule has 4 nitrogen and oxygen atoms in total. The molecule has 0 radical (unpaired) electrons. The van der Waals surface area contributed by atoms with Crippen LogP contribution in [0.25, 0.3) is 6.08 Å². The van der Waals surface area contributed by atoms with Gasteiger partial charge in [0.1, 0.15) is 11.5 Å². The van der Waals surface area contributed by atoms with E-state index in [4.69, 9.17) is 32.7 Å². The Morgan fingerprint density at radius 1 is 1.15 bits per heavy atom. The minimum absolute atomic E-state index is 0.113. The average molecular weight is 405 g/mol. The molecule has 1 heterocycles. The number of esters is 1. The maximum absolute atomic E-state index is 12.8. The van der Waals surface area contributed by atoms with E-state index in [0.717, 1.165) is 0 Å². The molecule has 0 fully saturated rings. The molecule has 0 atom stereocenters. The molecule has 1 aliphatic heterocycles. The highest BCUT2D eigenvalue weighted by molar-refractivity contribution is 6.37. The van der Waals surface area contributed by atoms with Crippen LogP contribution in [-0.4, -0.2) is 11.8 Å². The summed E-state index contributed by atoms with van der Waals surface area (Å²) in [7, 11) is 0. The Morgan fingerprint density at radius 3 is 2.37 bits per heavy atom. The summed E-state index contributed by atoms with van der Waals surface area (Å²) in [5.74, 6) is 0.140. The molecule has 0 saturated carbocycles. The topological polar surface area (TPSA) is 52.6 Å². The lowest BCUT2D eigenvalue weighted by atomic mass is 9.97. The first kappa shape index (κ1) is 19.5. The number of carbonyl (C=O) groups is 2. The van der Waals surface area contributed by atoms with Gasteiger partial charge in [0.2, 0.25) is 5.78 Å². The summed E-state index contributed by atoms with van der Waals surface area (Å²) in [6.45, 7) is 7.07. The highest BCUT2D eigenvalue weighted by Crippen LogP contribution is 2.39. The van der Waals surface area contributed by atoms with Gasteiger partial charge in [0, 0.05) is 21.7 Å². The molecule has 0 saturated heterocycles. The van der Waals surface area contributed by atoms with E-state index in [2.05, 4.69) is 0 Å². The molecule has 0 spiro atoms. The molecule has 140 valence electrons. The number of fused-ring (bicyclic) bond motifs is 1. The molecule has 0 bridgehead atoms. The number of halogens is 2. The number of rotatable bonds is 2. The molecule has 2 aromatic carbocycles. The van der Waals surface area contributed by atoms with Gasteiger partial charge in [-0.2, -0.15) is 0 Å². The lowest BCUT2D eigenvalue weighted by Gasteiger charge is -2.16. The average Bonchev–Trinajstić information content (AvgIpc) is 2.86. The zero-order valence-corrected chi connectivity index (χ0v) is 16.9. The number of ether oxygens (including phenoxy) is 2. The number of hydrogen-bond donors (Lipinski definition) is 0. The number of aryl methyl sites for hydroxylation is 1. The molecule has 1 aliphatic rings. The van der Waals surface area contributed by atoms with Crippen LogP contribution in [0, 0.1) is 12.3 Å². The largest absolute Gasteiger partial charge is 0.452 e. The SMILES string of the molecule is Cc1cc(OC(=O)C(C)(C)C)cc2c1C(=O)/C(=C/c1c(Cl)cccc1Cl)O2. The molecule has 0 aromatic heterocycles. The summed E-state index contributed by atoms with van der Waals surface area (Å²) in [5.41, 5.74) is 0.951. The number of carbonyl (C=O) groups excluding carboxylic acids is 2. The molecule has 2 aromatic rings. The van der Waals surface area contributed by atoms with E-state index in [1.165, 1.54) is 6.08 Å². The molecule has 27 heavy (non-hydrogen) atoms. The summed E-state index contributed by atoms with van der Waals surface area (Å²) in [4.78, 5) is 24.9. The minimum Gasteiger partial charge on any atom is -0.452 e. The zero-order valence-electron chi connectivity index (χ0n) is 15.4. The van der Waals surface area contributed by atoms with Crippen molar-refractivity contribution >= 4 is 41.0 Å². The molecule has 0 aliphatic carbocycles. The first-order chi connectivity index (χ1) is 12.6. The van der Waals surface area contributed by atoms with E-state index in [1.54, 1.807) is 58.0 Å². The van der Waals surface area contributed by atoms with Crippen LogP contribution in [0.2, 0.25) is 10.0 Å². The molecule has 0 unspecified atom stereocenters. The number of hydrogen-bond acceptors (Lipinski definition) is 4. The molecule has 0 amide bonds. The van der Waals surface area contributed by atoms with Gasteiger partial charge in [0.05, 0.1) is 11.0 Å². The second kappa shape index (κ2) is 7.02. The quantitative estimate of drug-likeness (QED) is 0.356. The van der Waals surface area contributed by atoms with E-state index < -0.39 is 5.41 Å². The Hall–Kier alpha value is -2.30. The van der Waals surface area contributed by atoms with E-state index in [0.29, 0.717) is 38.2 Å². The van der Waals surface area contributed by atoms with E-state index >= 15 is 0 Å². The lowest BCUT2D eigenvalue weighted by molar-refractivity contribution is -0.143. The predicted octanol–water partition coefficient (Wildman–Crippen LogP) is 5.87. The fourth-order valence-corrected chi connectivity index (χ4v) is 3.08. The fourth-order valence-electron chi connectivity index (χ4n) is 2.58. The molecular weight excluding hydrogens is 387 g/mol. The van der Waals surface area contributed by atoms with E-state index in [1.807, 2.05) is 0 Å². The normalized spacial score (nSPS) is 14.9. The van der Waals surface area contributed by atoms with Gasteiger partial charge in [0.25, 0.3) is 0 Å². The van der Waals surface area contributed by atoms with Crippen molar-refractivity contribution in [3.8, 4) is 11.5 Å². The number of allylic oxidation sites excluding steroid dienone is 1. The van der Waals surface area contributed by atoms with Crippen molar-refractivity contribution in [3.63, 3.8) is 0 Å². The predicted molar refractivity (Wildman–Crippen MR) is 106 cm³/mol. The van der Waals surface area contributed by atoms with Crippen LogP contribution in [0.15, 0.2) is 36.1 Å². The number of benzene rings is 2. The Morgan fingerprint density at radius 2 is 1.78 bits per heavy atom. The van der Waals surface area contributed by atoms with Gasteiger partial charge in [-0.15, -0.1) is 0 Å². The summed E-state index contributed by atoms with van der Waals surface area (Å²) >= 11 is 12.3. The summed E-state index contributed by atoms with van der Waals surface area (Å²) in [6.07, 6.45) is 1.52. The van der Waals surface area contributed by atoms with Crippen molar-refractivity contribution in [1.29, 1.82) is 0 Å². The Labute approximate surface area is 167 Å². The van der Waals surface area contributed by atoms with E-state index in [-0.39, 0.29) is 17.5 Å². The number of Topliss-reactive ketones (excluding diaryl/α,β-unsaturated/α-hetero) is 1. The van der Waals surface area contributed by atoms with Crippen LogP contribution >= 0.6 is 23.2 Å². The van der Waals surface area contributed by atoms with Crippen LogP contribution < -0.4 is 9.47 Å². The fraction of sp³-hybridized carbons (Fsp3) is 0.238. The van der Waals surface area contributed by atoms with Crippen molar-refractivity contribution in [1.82, 2.24) is 0 Å². The van der Waals surface area contributed by atoms with Gasteiger partial charge >= 0.3 is 5.97 Å². The summed E-state index contributed by atoms with van der Waals surface area (Å²) in [6, 6.07) is 8.27. The zero-order chi connectivity index (χ0) is 19.9. The maximum Gasteiger partial charge on any atom is 0.316 e. The van der Waals surface area contributed by atoms with Gasteiger partial charge in [-0.05, 0) is 57.5 Å². The second-order valence-corrected chi connectivity index (χ2v) is 8.14. The second-order valence-electron chi connectivity index (χ2n) is 7.33. The number of ketones is 1. The van der Waals surface area contributed by atoms with Crippen molar-refractivity contribution in [2.75, 3.05) is 0 Å². The first-order valence-electron chi connectivity index (χ1n) is 8.33. The highest BCUT2D eigenvalue weighted by atomic mass is 35.5. The Kier molecular flexibility index (Phi) is 5.06. The smallest absolute Gasteiger partial charge is 0.316 e. The van der Waals surface area contributed by atoms with Crippen LogP contribution in [0.1, 0.15) is 42.3 Å². The van der Waals surface area contributed by atoms with Gasteiger partial charge in [-0.3, -0.25) is 9.59 Å². The molecule has 3 rings (SSSR count). The minimum atomic E-state index is -0.643. The summed E-state index contributed by atoms with van der Waals surface area (Å²) < 4.78 is 11.1. The van der Waals surface area contributed by atoms with E-state index in [9.17, 15) is 9.59 Å². The van der Waals surface area contributed by atoms with Crippen molar-refractivity contribution in [3.05, 3.63) is 62.8 Å². The van der Waals surface area contributed by atoms with Gasteiger partial charge in [0.15, 0.2) is 5.76 Å². The van der Waals surface area contributed by atoms with Crippen LogP contribution in [0.5, 0.6) is 11.5 Å². The Balaban J connectivity index is 1.97. The van der Waals surface area contributed by atoms with Crippen LogP contribution in [0.4, 0.5) is 0 Å². The molecular formula is C21H18Cl2O4. The summed E-state index contributed by atoms with van der Waals surface area (Å²) in [5, 5.41) is 0.831. The van der Waals surface area contributed by atoms with Gasteiger partial charge in [-0.1, -0.05) is 29.3 Å². The third kappa shape index (κ3) is 3.87. The third-order valence-electron chi connectivity index (χ3n) is 4.04. The van der Waals surface area contributed by atoms with Gasteiger partial charge in [-0.25, -0.2) is 0 Å². The highest BCUT2D eigenvalue weighted by Gasteiger charge is 2.31. The monoisotopic (exact) mass is 404 g/mol. The first-order valence-corrected chi connectivity index (χ1v) is 9.08. The lowest BCUT2D eigenvalue weighted by Crippen LogP contribution is -2.25. The molecule has 0 N–H and O–H groups in total. The Bertz CT molecular complexity index is 964. The standard InChI is InChI=1S/C21H18Cl2O4/c1-11-8-12(26-20(25)21(2,3)4)9-16-18(11)19(24)17(27-16)10-13-14(22)6-5-7-15(13)23/h5-10H,1-4H3/b17-10-. The molecule has 6 heteroatoms. The van der Waals surface area contributed by atoms with Gasteiger partial charge < -0.3 is 9.47 Å². The van der Waals surface area contributed by atoms with Crippen molar-refractivity contribution in [2.45, 2.75) is 27.7 Å². The maximum atomic E-state index is 12.8. The van der Waals surface area contributed by atoms with Crippen LogP contribution in [-0.2, 0) is 4.79 Å². The third-order valence-corrected chi connectivity index (χ3v) is 4.70. The van der Waals surface area contributed by atoms with Crippen molar-refractivity contribution < 1.29 is 19.1 Å².